The van der Waals surface area contributed by atoms with Gasteiger partial charge in [0.25, 0.3) is 0 Å². The van der Waals surface area contributed by atoms with Crippen LogP contribution in [0.5, 0.6) is 5.75 Å². The van der Waals surface area contributed by atoms with Crippen LogP contribution in [0.15, 0.2) is 24.4 Å². The molecule has 2 N–H and O–H groups in total. The van der Waals surface area contributed by atoms with Gasteiger partial charge in [-0.05, 0) is 18.6 Å². The van der Waals surface area contributed by atoms with Gasteiger partial charge in [-0.25, -0.2) is 4.79 Å². The standard InChI is InChI=1S/C12H12NO3/c1-2-11(12(14)15)16-9-4-3-8-5-6-13-10(8)7-9/h3-4,6-7,11,13H,2H2,1H3,(H,14,15). The molecule has 0 spiro atoms. The maximum Gasteiger partial charge on any atom is 0.344 e. The fraction of sp³-hybridized carbons (Fsp3) is 0.250. The van der Waals surface area contributed by atoms with Gasteiger partial charge in [0.2, 0.25) is 0 Å². The summed E-state index contributed by atoms with van der Waals surface area (Å²) in [5.74, 6) is -0.391. The molecule has 0 saturated carbocycles. The third-order valence-corrected chi connectivity index (χ3v) is 2.37. The van der Waals surface area contributed by atoms with E-state index < -0.39 is 12.1 Å². The van der Waals surface area contributed by atoms with Crippen LogP contribution in [0.2, 0.25) is 0 Å². The summed E-state index contributed by atoms with van der Waals surface area (Å²) < 4.78 is 5.37. The first kappa shape index (κ1) is 10.5. The van der Waals surface area contributed by atoms with Gasteiger partial charge in [-0.2, -0.15) is 0 Å². The van der Waals surface area contributed by atoms with Gasteiger partial charge in [-0.3, -0.25) is 0 Å². The van der Waals surface area contributed by atoms with E-state index in [1.165, 1.54) is 0 Å². The van der Waals surface area contributed by atoms with Gasteiger partial charge in [0.05, 0.1) is 0 Å². The van der Waals surface area contributed by atoms with E-state index in [2.05, 4.69) is 11.1 Å². The Morgan fingerprint density at radius 2 is 2.44 bits per heavy atom. The number of ether oxygens (including phenoxy) is 1. The molecule has 0 aliphatic heterocycles. The Hall–Kier alpha value is -1.97. The average Bonchev–Trinajstić information content (AvgIpc) is 2.72. The predicted octanol–water partition coefficient (Wildman–Crippen LogP) is 2.21. The Morgan fingerprint density at radius 1 is 1.62 bits per heavy atom. The number of aromatic amines is 1. The van der Waals surface area contributed by atoms with Crippen molar-refractivity contribution in [1.29, 1.82) is 0 Å². The molecule has 0 aliphatic carbocycles. The number of aromatic nitrogens is 1. The largest absolute Gasteiger partial charge is 0.479 e. The summed E-state index contributed by atoms with van der Waals surface area (Å²) in [7, 11) is 0. The van der Waals surface area contributed by atoms with Crippen LogP contribution in [0.25, 0.3) is 10.9 Å². The highest BCUT2D eigenvalue weighted by Gasteiger charge is 2.16. The third-order valence-electron chi connectivity index (χ3n) is 2.37. The molecular formula is C12H12NO3. The minimum absolute atomic E-state index is 0.435. The number of rotatable bonds is 4. The molecule has 2 rings (SSSR count). The van der Waals surface area contributed by atoms with Crippen LogP contribution in [0.1, 0.15) is 13.3 Å². The molecule has 4 heteroatoms. The summed E-state index contributed by atoms with van der Waals surface area (Å²) in [4.78, 5) is 13.8. The van der Waals surface area contributed by atoms with Gasteiger partial charge in [0.15, 0.2) is 6.10 Å². The maximum absolute atomic E-state index is 10.8. The third kappa shape index (κ3) is 2.00. The summed E-state index contributed by atoms with van der Waals surface area (Å²) in [6.07, 6.45) is 1.35. The molecule has 1 aromatic heterocycles. The fourth-order valence-electron chi connectivity index (χ4n) is 1.51. The number of hydrogen-bond acceptors (Lipinski definition) is 2. The molecule has 0 saturated heterocycles. The molecule has 1 heterocycles. The first-order valence-electron chi connectivity index (χ1n) is 5.09. The van der Waals surface area contributed by atoms with Gasteiger partial charge in [0, 0.05) is 29.2 Å². The molecule has 4 nitrogen and oxygen atoms in total. The number of hydrogen-bond donors (Lipinski definition) is 2. The number of fused-ring (bicyclic) bond motifs is 1. The van der Waals surface area contributed by atoms with E-state index in [1.807, 2.05) is 6.07 Å². The minimum atomic E-state index is -0.944. The highest BCUT2D eigenvalue weighted by molar-refractivity contribution is 5.80. The Morgan fingerprint density at radius 3 is 3.12 bits per heavy atom. The zero-order valence-electron chi connectivity index (χ0n) is 8.86. The zero-order chi connectivity index (χ0) is 11.5. The summed E-state index contributed by atoms with van der Waals surface area (Å²) in [5.41, 5.74) is 0.887. The lowest BCUT2D eigenvalue weighted by Crippen LogP contribution is -2.25. The van der Waals surface area contributed by atoms with E-state index in [0.717, 1.165) is 10.9 Å². The van der Waals surface area contributed by atoms with Crippen molar-refractivity contribution in [3.8, 4) is 5.75 Å². The normalized spacial score (nSPS) is 12.6. The first-order valence-corrected chi connectivity index (χ1v) is 5.09. The second-order valence-electron chi connectivity index (χ2n) is 3.49. The van der Waals surface area contributed by atoms with Crippen LogP contribution < -0.4 is 4.74 Å². The molecule has 0 bridgehead atoms. The summed E-state index contributed by atoms with van der Waals surface area (Å²) >= 11 is 0. The lowest BCUT2D eigenvalue weighted by Gasteiger charge is -2.12. The summed E-state index contributed by atoms with van der Waals surface area (Å²) in [5, 5.41) is 9.82. The Balaban J connectivity index is 2.23. The van der Waals surface area contributed by atoms with Crippen LogP contribution in [0.4, 0.5) is 0 Å². The number of nitrogens with one attached hydrogen (secondary N) is 1. The number of benzene rings is 1. The predicted molar refractivity (Wildman–Crippen MR) is 59.5 cm³/mol. The molecule has 1 atom stereocenters. The smallest absolute Gasteiger partial charge is 0.344 e. The summed E-state index contributed by atoms with van der Waals surface area (Å²) in [6, 6.07) is 8.38. The number of aliphatic carboxylic acids is 1. The van der Waals surface area contributed by atoms with Crippen LogP contribution in [0.3, 0.4) is 0 Å². The van der Waals surface area contributed by atoms with Crippen LogP contribution in [-0.4, -0.2) is 22.2 Å². The fourth-order valence-corrected chi connectivity index (χ4v) is 1.51. The molecule has 0 aliphatic rings. The highest BCUT2D eigenvalue weighted by atomic mass is 16.5. The van der Waals surface area contributed by atoms with E-state index in [-0.39, 0.29) is 0 Å². The van der Waals surface area contributed by atoms with Crippen LogP contribution >= 0.6 is 0 Å². The molecule has 0 fully saturated rings. The SMILES string of the molecule is CCC(Oc1ccc2[c]c[nH]c2c1)C(=O)O. The number of H-pyrrole nitrogens is 1. The molecule has 0 amide bonds. The topological polar surface area (TPSA) is 62.3 Å². The number of carbonyl (C=O) groups is 1. The molecule has 2 aromatic rings. The van der Waals surface area contributed by atoms with Crippen molar-refractivity contribution in [2.45, 2.75) is 19.4 Å². The molecular weight excluding hydrogens is 206 g/mol. The Kier molecular flexibility index (Phi) is 2.81. The van der Waals surface area contributed by atoms with Crippen molar-refractivity contribution in [2.75, 3.05) is 0 Å². The van der Waals surface area contributed by atoms with Crippen molar-refractivity contribution in [2.24, 2.45) is 0 Å². The van der Waals surface area contributed by atoms with Crippen molar-refractivity contribution < 1.29 is 14.6 Å². The average molecular weight is 218 g/mol. The maximum atomic E-state index is 10.8. The van der Waals surface area contributed by atoms with Gasteiger partial charge >= 0.3 is 5.97 Å². The summed E-state index contributed by atoms with van der Waals surface area (Å²) in [6.45, 7) is 1.78. The second kappa shape index (κ2) is 4.26. The van der Waals surface area contributed by atoms with Crippen molar-refractivity contribution in [3.05, 3.63) is 30.5 Å². The van der Waals surface area contributed by atoms with Crippen LogP contribution in [0, 0.1) is 6.07 Å². The van der Waals surface area contributed by atoms with Gasteiger partial charge < -0.3 is 14.8 Å². The van der Waals surface area contributed by atoms with E-state index in [9.17, 15) is 4.79 Å². The molecule has 16 heavy (non-hydrogen) atoms. The lowest BCUT2D eigenvalue weighted by atomic mass is 10.2. The van der Waals surface area contributed by atoms with E-state index >= 15 is 0 Å². The van der Waals surface area contributed by atoms with Gasteiger partial charge in [-0.15, -0.1) is 0 Å². The van der Waals surface area contributed by atoms with Crippen LogP contribution in [-0.2, 0) is 4.79 Å². The Labute approximate surface area is 92.9 Å². The zero-order valence-corrected chi connectivity index (χ0v) is 8.86. The minimum Gasteiger partial charge on any atom is -0.479 e. The van der Waals surface area contributed by atoms with E-state index in [0.29, 0.717) is 12.2 Å². The van der Waals surface area contributed by atoms with E-state index in [1.54, 1.807) is 25.3 Å². The first-order chi connectivity index (χ1) is 7.70. The van der Waals surface area contributed by atoms with Crippen molar-refractivity contribution in [3.63, 3.8) is 0 Å². The molecule has 1 unspecified atom stereocenters. The highest BCUT2D eigenvalue weighted by Crippen LogP contribution is 2.20. The number of carboxylic acids is 1. The monoisotopic (exact) mass is 218 g/mol. The van der Waals surface area contributed by atoms with Crippen molar-refractivity contribution in [1.82, 2.24) is 4.98 Å². The lowest BCUT2D eigenvalue weighted by molar-refractivity contribution is -0.145. The Bertz CT molecular complexity index is 504. The van der Waals surface area contributed by atoms with Crippen molar-refractivity contribution >= 4 is 16.9 Å². The molecule has 1 radical (unpaired) electrons. The quantitative estimate of drug-likeness (QED) is 0.827. The van der Waals surface area contributed by atoms with Gasteiger partial charge in [0.1, 0.15) is 5.75 Å². The number of carboxylic acid groups (broad SMARTS) is 1. The van der Waals surface area contributed by atoms with Gasteiger partial charge in [-0.1, -0.05) is 6.92 Å². The molecule has 1 aromatic carbocycles. The van der Waals surface area contributed by atoms with E-state index in [4.69, 9.17) is 9.84 Å². The second-order valence-corrected chi connectivity index (χ2v) is 3.49. The molecule has 83 valence electrons.